The van der Waals surface area contributed by atoms with Gasteiger partial charge in [-0.1, -0.05) is 18.2 Å². The lowest BCUT2D eigenvalue weighted by atomic mass is 9.98. The molecule has 0 atom stereocenters. The Kier molecular flexibility index (Phi) is 5.38. The molecule has 1 aliphatic heterocycles. The molecule has 0 aromatic heterocycles. The maximum atomic E-state index is 12.1. The Morgan fingerprint density at radius 2 is 2.00 bits per heavy atom. The first kappa shape index (κ1) is 15.6. The highest BCUT2D eigenvalue weighted by Gasteiger charge is 2.21. The van der Waals surface area contributed by atoms with Gasteiger partial charge in [0.15, 0.2) is 0 Å². The minimum absolute atomic E-state index is 0.143. The van der Waals surface area contributed by atoms with Crippen LogP contribution >= 0.6 is 0 Å². The van der Waals surface area contributed by atoms with Crippen LogP contribution in [-0.4, -0.2) is 23.9 Å². The highest BCUT2D eigenvalue weighted by atomic mass is 16.2. The van der Waals surface area contributed by atoms with Crippen molar-refractivity contribution in [1.29, 1.82) is 5.26 Å². The van der Waals surface area contributed by atoms with Crippen LogP contribution in [0.3, 0.4) is 0 Å². The van der Waals surface area contributed by atoms with Gasteiger partial charge in [0, 0.05) is 25.4 Å². The molecular formula is C18H24N2O. The van der Waals surface area contributed by atoms with Crippen LogP contribution in [0.4, 0.5) is 0 Å². The Balaban J connectivity index is 1.74. The summed E-state index contributed by atoms with van der Waals surface area (Å²) >= 11 is 0. The Morgan fingerprint density at radius 3 is 2.62 bits per heavy atom. The van der Waals surface area contributed by atoms with Crippen LogP contribution in [-0.2, 0) is 11.2 Å². The van der Waals surface area contributed by atoms with Crippen LogP contribution in [0.5, 0.6) is 0 Å². The van der Waals surface area contributed by atoms with Crippen molar-refractivity contribution in [2.45, 2.75) is 46.0 Å². The van der Waals surface area contributed by atoms with E-state index in [1.54, 1.807) is 0 Å². The Bertz CT molecular complexity index is 537. The van der Waals surface area contributed by atoms with Gasteiger partial charge in [-0.2, -0.15) is 5.26 Å². The molecule has 0 radical (unpaired) electrons. The maximum Gasteiger partial charge on any atom is 0.222 e. The van der Waals surface area contributed by atoms with Gasteiger partial charge in [0.25, 0.3) is 0 Å². The lowest BCUT2D eigenvalue weighted by molar-refractivity contribution is -0.132. The van der Waals surface area contributed by atoms with Crippen molar-refractivity contribution in [2.75, 3.05) is 13.1 Å². The number of carbonyl (C=O) groups is 1. The van der Waals surface area contributed by atoms with Gasteiger partial charge >= 0.3 is 0 Å². The standard InChI is InChI=1S/C18H24N2O/c1-14-6-7-16(12-15(14)2)4-3-5-18(21)20-10-8-17(13-19)9-11-20/h6-7,12,17H,3-5,8-11H2,1-2H3. The van der Waals surface area contributed by atoms with Gasteiger partial charge in [-0.05, 0) is 56.2 Å². The SMILES string of the molecule is Cc1ccc(CCCC(=O)N2CCC(C#N)CC2)cc1C. The van der Waals surface area contributed by atoms with E-state index in [1.165, 1.54) is 16.7 Å². The van der Waals surface area contributed by atoms with Crippen LogP contribution in [0, 0.1) is 31.1 Å². The first-order chi connectivity index (χ1) is 10.1. The second-order valence-corrected chi connectivity index (χ2v) is 6.06. The predicted octanol–water partition coefficient (Wildman–Crippen LogP) is 3.39. The monoisotopic (exact) mass is 284 g/mol. The Morgan fingerprint density at radius 1 is 1.29 bits per heavy atom. The molecule has 3 nitrogen and oxygen atoms in total. The van der Waals surface area contributed by atoms with Gasteiger partial charge in [-0.25, -0.2) is 0 Å². The molecule has 21 heavy (non-hydrogen) atoms. The van der Waals surface area contributed by atoms with E-state index in [0.717, 1.165) is 38.8 Å². The van der Waals surface area contributed by atoms with E-state index in [9.17, 15) is 4.79 Å². The molecule has 1 saturated heterocycles. The summed E-state index contributed by atoms with van der Waals surface area (Å²) in [5.41, 5.74) is 3.95. The second kappa shape index (κ2) is 7.26. The average molecular weight is 284 g/mol. The summed E-state index contributed by atoms with van der Waals surface area (Å²) in [5, 5.41) is 8.87. The summed E-state index contributed by atoms with van der Waals surface area (Å²) in [4.78, 5) is 14.1. The first-order valence-electron chi connectivity index (χ1n) is 7.83. The molecule has 3 heteroatoms. The highest BCUT2D eigenvalue weighted by Crippen LogP contribution is 2.18. The van der Waals surface area contributed by atoms with Crippen molar-refractivity contribution in [3.05, 3.63) is 34.9 Å². The number of hydrogen-bond donors (Lipinski definition) is 0. The molecule has 112 valence electrons. The van der Waals surface area contributed by atoms with E-state index in [-0.39, 0.29) is 11.8 Å². The largest absolute Gasteiger partial charge is 0.343 e. The summed E-state index contributed by atoms with van der Waals surface area (Å²) in [7, 11) is 0. The zero-order valence-electron chi connectivity index (χ0n) is 13.1. The molecule has 0 saturated carbocycles. The molecule has 1 fully saturated rings. The van der Waals surface area contributed by atoms with Crippen LogP contribution in [0.25, 0.3) is 0 Å². The third-order valence-corrected chi connectivity index (χ3v) is 4.46. The van der Waals surface area contributed by atoms with Gasteiger partial charge in [-0.15, -0.1) is 0 Å². The third-order valence-electron chi connectivity index (χ3n) is 4.46. The Labute approximate surface area is 127 Å². The molecule has 0 aliphatic carbocycles. The molecule has 0 unspecified atom stereocenters. The number of rotatable bonds is 4. The summed E-state index contributed by atoms with van der Waals surface area (Å²) in [6, 6.07) is 8.83. The van der Waals surface area contributed by atoms with Crippen molar-refractivity contribution >= 4 is 5.91 Å². The van der Waals surface area contributed by atoms with E-state index >= 15 is 0 Å². The number of hydrogen-bond acceptors (Lipinski definition) is 2. The number of amides is 1. The molecule has 0 spiro atoms. The van der Waals surface area contributed by atoms with Crippen molar-refractivity contribution in [3.63, 3.8) is 0 Å². The summed E-state index contributed by atoms with van der Waals surface area (Å²) < 4.78 is 0. The van der Waals surface area contributed by atoms with Crippen molar-refractivity contribution in [2.24, 2.45) is 5.92 Å². The predicted molar refractivity (Wildman–Crippen MR) is 83.8 cm³/mol. The number of nitrogens with zero attached hydrogens (tertiary/aromatic N) is 2. The van der Waals surface area contributed by atoms with Crippen molar-refractivity contribution in [3.8, 4) is 6.07 Å². The van der Waals surface area contributed by atoms with Crippen LogP contribution in [0.2, 0.25) is 0 Å². The van der Waals surface area contributed by atoms with Gasteiger partial charge in [0.2, 0.25) is 5.91 Å². The molecule has 1 aliphatic rings. The zero-order valence-corrected chi connectivity index (χ0v) is 13.1. The maximum absolute atomic E-state index is 12.1. The molecule has 1 heterocycles. The zero-order chi connectivity index (χ0) is 15.2. The van der Waals surface area contributed by atoms with Gasteiger partial charge < -0.3 is 4.90 Å². The Hall–Kier alpha value is -1.82. The molecule has 1 amide bonds. The van der Waals surface area contributed by atoms with E-state index in [2.05, 4.69) is 38.1 Å². The molecule has 1 aromatic carbocycles. The van der Waals surface area contributed by atoms with E-state index in [4.69, 9.17) is 5.26 Å². The van der Waals surface area contributed by atoms with Crippen LogP contribution in [0.1, 0.15) is 42.4 Å². The summed E-state index contributed by atoms with van der Waals surface area (Å²) in [5.74, 6) is 0.389. The summed E-state index contributed by atoms with van der Waals surface area (Å²) in [6.45, 7) is 5.75. The molecule has 2 rings (SSSR count). The molecule has 0 N–H and O–H groups in total. The lowest BCUT2D eigenvalue weighted by Gasteiger charge is -2.29. The first-order valence-corrected chi connectivity index (χ1v) is 7.83. The van der Waals surface area contributed by atoms with Gasteiger partial charge in [0.1, 0.15) is 0 Å². The fourth-order valence-electron chi connectivity index (χ4n) is 2.82. The normalized spacial score (nSPS) is 15.8. The fourth-order valence-corrected chi connectivity index (χ4v) is 2.82. The number of nitriles is 1. The van der Waals surface area contributed by atoms with E-state index in [1.807, 2.05) is 4.90 Å². The van der Waals surface area contributed by atoms with Crippen molar-refractivity contribution in [1.82, 2.24) is 4.90 Å². The number of piperidine rings is 1. The highest BCUT2D eigenvalue weighted by molar-refractivity contribution is 5.76. The quantitative estimate of drug-likeness (QED) is 0.850. The lowest BCUT2D eigenvalue weighted by Crippen LogP contribution is -2.38. The molecule has 0 bridgehead atoms. The second-order valence-electron chi connectivity index (χ2n) is 6.06. The topological polar surface area (TPSA) is 44.1 Å². The number of carbonyl (C=O) groups excluding carboxylic acids is 1. The smallest absolute Gasteiger partial charge is 0.222 e. The van der Waals surface area contributed by atoms with Crippen LogP contribution in [0.15, 0.2) is 18.2 Å². The van der Waals surface area contributed by atoms with E-state index in [0.29, 0.717) is 6.42 Å². The average Bonchev–Trinajstić information content (AvgIpc) is 2.51. The third kappa shape index (κ3) is 4.32. The number of likely N-dealkylation sites (tertiary alicyclic amines) is 1. The van der Waals surface area contributed by atoms with Crippen LogP contribution < -0.4 is 0 Å². The fraction of sp³-hybridized carbons (Fsp3) is 0.556. The van der Waals surface area contributed by atoms with Gasteiger partial charge in [-0.3, -0.25) is 4.79 Å². The molecule has 1 aromatic rings. The molecular weight excluding hydrogens is 260 g/mol. The summed E-state index contributed by atoms with van der Waals surface area (Å²) in [6.07, 6.45) is 4.14. The van der Waals surface area contributed by atoms with Gasteiger partial charge in [0.05, 0.1) is 6.07 Å². The van der Waals surface area contributed by atoms with E-state index < -0.39 is 0 Å². The number of aryl methyl sites for hydroxylation is 3. The number of benzene rings is 1. The minimum atomic E-state index is 0.143. The van der Waals surface area contributed by atoms with Crippen molar-refractivity contribution < 1.29 is 4.79 Å². The minimum Gasteiger partial charge on any atom is -0.343 e.